The molecule has 3 rings (SSSR count). The first-order valence-corrected chi connectivity index (χ1v) is 18.8. The third-order valence-corrected chi connectivity index (χ3v) is 11.2. The highest BCUT2D eigenvalue weighted by molar-refractivity contribution is 6.38. The number of ether oxygens (including phenoxy) is 1. The zero-order chi connectivity index (χ0) is 38.3. The summed E-state index contributed by atoms with van der Waals surface area (Å²) in [6.07, 6.45) is 6.87. The quantitative estimate of drug-likeness (QED) is 0.118. The largest absolute Gasteiger partial charge is 0.447 e. The Morgan fingerprint density at radius 3 is 2.18 bits per heavy atom. The molecule has 1 heterocycles. The Balaban J connectivity index is 1.88. The number of amides is 6. The van der Waals surface area contributed by atoms with Crippen LogP contribution in [0.1, 0.15) is 114 Å². The SMILES string of the molecule is C=CCNC(=O)C(=O)C(CCCC)NC(=O)[C@@H]1[C@@H]2[C@H](CN1C(=O)[C@@H](NC(=O)N[C@H](COC(=O)NC(C)C)C(C)(C)C)C1(C)CCCCC1)C2(C)C. The van der Waals surface area contributed by atoms with Gasteiger partial charge in [-0.1, -0.05) is 86.6 Å². The number of alkyl carbamates (subject to hydrolysis) is 1. The number of Topliss-reactive ketones (excluding diaryl/α,β-unsaturated/α-hetero) is 1. The van der Waals surface area contributed by atoms with Gasteiger partial charge in [-0.3, -0.25) is 19.2 Å². The zero-order valence-electron chi connectivity index (χ0n) is 32.4. The van der Waals surface area contributed by atoms with E-state index in [0.29, 0.717) is 19.4 Å². The first-order chi connectivity index (χ1) is 23.8. The summed E-state index contributed by atoms with van der Waals surface area (Å²) in [5.74, 6) is -2.38. The number of hydrogen-bond donors (Lipinski definition) is 5. The topological polar surface area (TPSA) is 175 Å². The van der Waals surface area contributed by atoms with Gasteiger partial charge in [-0.05, 0) is 61.2 Å². The molecule has 0 aromatic heterocycles. The van der Waals surface area contributed by atoms with Gasteiger partial charge < -0.3 is 36.2 Å². The van der Waals surface area contributed by atoms with Crippen molar-refractivity contribution in [3.8, 4) is 0 Å². The summed E-state index contributed by atoms with van der Waals surface area (Å²) in [7, 11) is 0. The van der Waals surface area contributed by atoms with Crippen molar-refractivity contribution in [3.05, 3.63) is 12.7 Å². The van der Waals surface area contributed by atoms with Crippen molar-refractivity contribution in [3.63, 3.8) is 0 Å². The van der Waals surface area contributed by atoms with Crippen molar-refractivity contribution in [2.45, 2.75) is 144 Å². The van der Waals surface area contributed by atoms with E-state index in [1.807, 2.05) is 48.5 Å². The normalized spacial score (nSPS) is 23.5. The maximum absolute atomic E-state index is 14.8. The maximum Gasteiger partial charge on any atom is 0.407 e. The first kappa shape index (κ1) is 41.8. The lowest BCUT2D eigenvalue weighted by Gasteiger charge is -2.43. The molecule has 2 saturated carbocycles. The highest BCUT2D eigenvalue weighted by Crippen LogP contribution is 2.65. The monoisotopic (exact) mass is 716 g/mol. The van der Waals surface area contributed by atoms with Crippen LogP contribution in [0.2, 0.25) is 0 Å². The predicted octanol–water partition coefficient (Wildman–Crippen LogP) is 4.20. The lowest BCUT2D eigenvalue weighted by Crippen LogP contribution is -2.63. The fraction of sp³-hybridized carbons (Fsp3) is 0.789. The Kier molecular flexibility index (Phi) is 14.1. The van der Waals surface area contributed by atoms with Crippen molar-refractivity contribution < 1.29 is 33.5 Å². The second kappa shape index (κ2) is 17.3. The van der Waals surface area contributed by atoms with E-state index in [2.05, 4.69) is 47.0 Å². The van der Waals surface area contributed by atoms with Crippen molar-refractivity contribution in [1.29, 1.82) is 0 Å². The van der Waals surface area contributed by atoms with Gasteiger partial charge in [0.05, 0.1) is 12.1 Å². The first-order valence-electron chi connectivity index (χ1n) is 18.8. The highest BCUT2D eigenvalue weighted by atomic mass is 16.5. The molecule has 13 heteroatoms. The molecule has 51 heavy (non-hydrogen) atoms. The molecule has 6 amide bonds. The van der Waals surface area contributed by atoms with E-state index in [0.717, 1.165) is 38.5 Å². The number of nitrogens with zero attached hydrogens (tertiary/aromatic N) is 1. The van der Waals surface area contributed by atoms with Gasteiger partial charge in [-0.15, -0.1) is 6.58 Å². The Hall–Kier alpha value is -3.64. The summed E-state index contributed by atoms with van der Waals surface area (Å²) in [5.41, 5.74) is -1.24. The summed E-state index contributed by atoms with van der Waals surface area (Å²) >= 11 is 0. The van der Waals surface area contributed by atoms with Gasteiger partial charge in [0.2, 0.25) is 17.6 Å². The second-order valence-electron chi connectivity index (χ2n) is 17.0. The minimum atomic E-state index is -1.03. The summed E-state index contributed by atoms with van der Waals surface area (Å²) in [5, 5.41) is 14.0. The fourth-order valence-electron chi connectivity index (χ4n) is 7.78. The lowest BCUT2D eigenvalue weighted by molar-refractivity contribution is -0.146. The molecule has 0 aromatic rings. The molecule has 6 atom stereocenters. The molecule has 3 fully saturated rings. The van der Waals surface area contributed by atoms with Crippen LogP contribution in [0.15, 0.2) is 12.7 Å². The third-order valence-electron chi connectivity index (χ3n) is 11.2. The number of nitrogens with one attached hydrogen (secondary N) is 5. The smallest absolute Gasteiger partial charge is 0.407 e. The van der Waals surface area contributed by atoms with Crippen LogP contribution in [-0.4, -0.2) is 90.4 Å². The number of carbonyl (C=O) groups is 6. The third kappa shape index (κ3) is 10.5. The van der Waals surface area contributed by atoms with Gasteiger partial charge in [0, 0.05) is 19.1 Å². The van der Waals surface area contributed by atoms with Gasteiger partial charge in [-0.25, -0.2) is 9.59 Å². The van der Waals surface area contributed by atoms with Crippen molar-refractivity contribution >= 4 is 35.6 Å². The van der Waals surface area contributed by atoms with E-state index in [9.17, 15) is 28.8 Å². The van der Waals surface area contributed by atoms with Gasteiger partial charge in [0.1, 0.15) is 18.7 Å². The highest BCUT2D eigenvalue weighted by Gasteiger charge is 2.70. The molecule has 0 radical (unpaired) electrons. The number of urea groups is 1. The van der Waals surface area contributed by atoms with E-state index < -0.39 is 64.7 Å². The maximum atomic E-state index is 14.8. The van der Waals surface area contributed by atoms with Crippen LogP contribution >= 0.6 is 0 Å². The molecule has 0 spiro atoms. The van der Waals surface area contributed by atoms with Gasteiger partial charge in [-0.2, -0.15) is 0 Å². The number of carbonyl (C=O) groups excluding carboxylic acids is 6. The molecular weight excluding hydrogens is 652 g/mol. The molecule has 2 aliphatic carbocycles. The van der Waals surface area contributed by atoms with Crippen LogP contribution in [-0.2, 0) is 23.9 Å². The van der Waals surface area contributed by atoms with Crippen LogP contribution in [0.4, 0.5) is 9.59 Å². The van der Waals surface area contributed by atoms with Crippen LogP contribution in [0, 0.1) is 28.1 Å². The van der Waals surface area contributed by atoms with Crippen molar-refractivity contribution in [2.75, 3.05) is 19.7 Å². The molecular formula is C38H64N6O7. The average molecular weight is 717 g/mol. The Morgan fingerprint density at radius 2 is 1.61 bits per heavy atom. The number of rotatable bonds is 16. The minimum Gasteiger partial charge on any atom is -0.447 e. The van der Waals surface area contributed by atoms with Crippen LogP contribution in [0.5, 0.6) is 0 Å². The number of likely N-dealkylation sites (tertiary alicyclic amines) is 1. The molecule has 1 saturated heterocycles. The summed E-state index contributed by atoms with van der Waals surface area (Å²) in [4.78, 5) is 82.4. The summed E-state index contributed by atoms with van der Waals surface area (Å²) < 4.78 is 5.43. The van der Waals surface area contributed by atoms with Crippen LogP contribution < -0.4 is 26.6 Å². The Morgan fingerprint density at radius 1 is 0.961 bits per heavy atom. The zero-order valence-corrected chi connectivity index (χ0v) is 32.4. The fourth-order valence-corrected chi connectivity index (χ4v) is 7.78. The molecule has 0 aromatic carbocycles. The van der Waals surface area contributed by atoms with E-state index in [-0.39, 0.29) is 42.4 Å². The average Bonchev–Trinajstić information content (AvgIpc) is 3.35. The minimum absolute atomic E-state index is 0.0678. The summed E-state index contributed by atoms with van der Waals surface area (Å²) in [6.45, 7) is 21.5. The lowest BCUT2D eigenvalue weighted by atomic mass is 9.70. The van der Waals surface area contributed by atoms with Crippen LogP contribution in [0.3, 0.4) is 0 Å². The standard InChI is InChI=1S/C38H64N6O7/c1-11-13-17-25(29(45)32(47)39-20-12-2)41-31(46)28-27-24(37(27,8)9)21-44(28)33(48)30(38(10)18-15-14-16-19-38)43-34(49)42-26(36(5,6)7)22-51-35(50)40-23(3)4/h12,23-28,30H,2,11,13-22H2,1,3-10H3,(H,39,47)(H,40,50)(H,41,46)(H2,42,43,49)/t24-,25?,26+,27-,28-,30+/m0/s1. The molecule has 1 aliphatic heterocycles. The molecule has 3 aliphatic rings. The number of unbranched alkanes of at least 4 members (excludes halogenated alkanes) is 1. The second-order valence-corrected chi connectivity index (χ2v) is 17.0. The van der Waals surface area contributed by atoms with Crippen molar-refractivity contribution in [1.82, 2.24) is 31.5 Å². The van der Waals surface area contributed by atoms with E-state index >= 15 is 0 Å². The molecule has 288 valence electrons. The van der Waals surface area contributed by atoms with Gasteiger partial charge >= 0.3 is 12.1 Å². The summed E-state index contributed by atoms with van der Waals surface area (Å²) in [6, 6.07) is -4.06. The Labute approximate surface area is 304 Å². The molecule has 5 N–H and O–H groups in total. The molecule has 13 nitrogen and oxygen atoms in total. The van der Waals surface area contributed by atoms with Crippen molar-refractivity contribution in [2.24, 2.45) is 28.1 Å². The Bertz CT molecular complexity index is 1300. The molecule has 0 bridgehead atoms. The number of hydrogen-bond acceptors (Lipinski definition) is 7. The number of ketones is 1. The van der Waals surface area contributed by atoms with Gasteiger partial charge in [0.15, 0.2) is 0 Å². The van der Waals surface area contributed by atoms with Crippen LogP contribution in [0.25, 0.3) is 0 Å². The molecule has 1 unspecified atom stereocenters. The number of piperidine rings is 1. The van der Waals surface area contributed by atoms with E-state index in [1.165, 1.54) is 6.08 Å². The van der Waals surface area contributed by atoms with E-state index in [1.54, 1.807) is 4.90 Å². The predicted molar refractivity (Wildman–Crippen MR) is 195 cm³/mol. The van der Waals surface area contributed by atoms with Gasteiger partial charge in [0.25, 0.3) is 5.91 Å². The van der Waals surface area contributed by atoms with E-state index in [4.69, 9.17) is 4.74 Å². The number of fused-ring (bicyclic) bond motifs is 1.